The van der Waals surface area contributed by atoms with E-state index < -0.39 is 0 Å². The van der Waals surface area contributed by atoms with Gasteiger partial charge in [-0.05, 0) is 31.4 Å². The molecule has 2 amide bonds. The minimum atomic E-state index is -0.272. The van der Waals surface area contributed by atoms with Crippen LogP contribution in [-0.2, 0) is 9.59 Å². The van der Waals surface area contributed by atoms with E-state index in [4.69, 9.17) is 0 Å². The monoisotopic (exact) mass is 262 g/mol. The van der Waals surface area contributed by atoms with Gasteiger partial charge in [-0.15, -0.1) is 0 Å². The predicted octanol–water partition coefficient (Wildman–Crippen LogP) is 2.55. The Morgan fingerprint density at radius 3 is 2.32 bits per heavy atom. The summed E-state index contributed by atoms with van der Waals surface area (Å²) in [6.45, 7) is 6.56. The zero-order valence-corrected chi connectivity index (χ0v) is 11.9. The first kappa shape index (κ1) is 15.2. The number of para-hydroxylation sites is 1. The number of hydrogen-bond donors (Lipinski definition) is 2. The third kappa shape index (κ3) is 5.12. The molecular weight excluding hydrogens is 240 g/mol. The summed E-state index contributed by atoms with van der Waals surface area (Å²) in [7, 11) is 0. The van der Waals surface area contributed by atoms with E-state index in [-0.39, 0.29) is 18.2 Å². The second-order valence-corrected chi connectivity index (χ2v) is 4.70. The first-order valence-electron chi connectivity index (χ1n) is 6.67. The lowest BCUT2D eigenvalue weighted by molar-refractivity contribution is -0.126. The van der Waals surface area contributed by atoms with Crippen LogP contribution in [0.5, 0.6) is 0 Å². The molecular formula is C15H22N2O2. The summed E-state index contributed by atoms with van der Waals surface area (Å²) in [5.74, 6) is -0.497. The number of rotatable bonds is 6. The van der Waals surface area contributed by atoms with Gasteiger partial charge >= 0.3 is 0 Å². The van der Waals surface area contributed by atoms with Gasteiger partial charge in [-0.3, -0.25) is 9.59 Å². The average Bonchev–Trinajstić information content (AvgIpc) is 2.34. The molecule has 0 fully saturated rings. The van der Waals surface area contributed by atoms with Crippen LogP contribution in [0.25, 0.3) is 0 Å². The maximum absolute atomic E-state index is 11.8. The number of carbonyl (C=O) groups excluding carboxylic acids is 2. The topological polar surface area (TPSA) is 58.2 Å². The number of amides is 2. The zero-order chi connectivity index (χ0) is 14.3. The van der Waals surface area contributed by atoms with Crippen molar-refractivity contribution in [1.82, 2.24) is 5.32 Å². The number of benzene rings is 1. The van der Waals surface area contributed by atoms with E-state index in [0.29, 0.717) is 6.54 Å². The maximum atomic E-state index is 11.8. The molecule has 0 spiro atoms. The van der Waals surface area contributed by atoms with Gasteiger partial charge in [-0.1, -0.05) is 31.5 Å². The van der Waals surface area contributed by atoms with Crippen molar-refractivity contribution in [2.75, 3.05) is 11.9 Å². The van der Waals surface area contributed by atoms with E-state index in [0.717, 1.165) is 29.7 Å². The van der Waals surface area contributed by atoms with E-state index in [1.807, 2.05) is 32.0 Å². The average molecular weight is 262 g/mol. The second-order valence-electron chi connectivity index (χ2n) is 4.70. The Morgan fingerprint density at radius 2 is 1.74 bits per heavy atom. The Kier molecular flexibility index (Phi) is 6.06. The molecule has 4 nitrogen and oxygen atoms in total. The molecule has 0 aromatic heterocycles. The predicted molar refractivity (Wildman–Crippen MR) is 77.1 cm³/mol. The number of hydrogen-bond acceptors (Lipinski definition) is 2. The number of nitrogens with one attached hydrogen (secondary N) is 2. The highest BCUT2D eigenvalue weighted by molar-refractivity contribution is 6.04. The van der Waals surface area contributed by atoms with E-state index in [2.05, 4.69) is 17.6 Å². The fourth-order valence-corrected chi connectivity index (χ4v) is 1.81. The van der Waals surface area contributed by atoms with Crippen LogP contribution in [0.1, 0.15) is 37.3 Å². The van der Waals surface area contributed by atoms with Crippen LogP contribution in [0.15, 0.2) is 18.2 Å². The van der Waals surface area contributed by atoms with Gasteiger partial charge in [0.05, 0.1) is 0 Å². The maximum Gasteiger partial charge on any atom is 0.233 e. The van der Waals surface area contributed by atoms with Crippen LogP contribution in [0, 0.1) is 13.8 Å². The molecule has 0 saturated heterocycles. The lowest BCUT2D eigenvalue weighted by Gasteiger charge is -2.11. The molecule has 0 radical (unpaired) electrons. The lowest BCUT2D eigenvalue weighted by atomic mass is 10.1. The van der Waals surface area contributed by atoms with Gasteiger partial charge in [0.2, 0.25) is 11.8 Å². The highest BCUT2D eigenvalue weighted by Gasteiger charge is 2.11. The summed E-state index contributed by atoms with van der Waals surface area (Å²) in [6, 6.07) is 5.81. The molecule has 0 heterocycles. The molecule has 0 aliphatic carbocycles. The molecule has 0 aliphatic heterocycles. The molecule has 0 aliphatic rings. The van der Waals surface area contributed by atoms with Gasteiger partial charge in [0.25, 0.3) is 0 Å². The molecule has 2 N–H and O–H groups in total. The number of unbranched alkanes of at least 4 members (excludes halogenated alkanes) is 1. The fraction of sp³-hybridized carbons (Fsp3) is 0.467. The van der Waals surface area contributed by atoms with Crippen LogP contribution in [-0.4, -0.2) is 18.4 Å². The SMILES string of the molecule is CCCCNC(=O)CC(=O)Nc1c(C)cccc1C. The third-order valence-electron chi connectivity index (χ3n) is 2.92. The van der Waals surface area contributed by atoms with Gasteiger partial charge in [-0.2, -0.15) is 0 Å². The molecule has 1 aromatic rings. The summed E-state index contributed by atoms with van der Waals surface area (Å²) in [5.41, 5.74) is 2.80. The van der Waals surface area contributed by atoms with Gasteiger partial charge in [0.1, 0.15) is 6.42 Å². The van der Waals surface area contributed by atoms with Gasteiger partial charge in [0.15, 0.2) is 0 Å². The number of anilines is 1. The first-order chi connectivity index (χ1) is 9.04. The summed E-state index contributed by atoms with van der Waals surface area (Å²) in [6.07, 6.45) is 1.83. The Morgan fingerprint density at radius 1 is 1.11 bits per heavy atom. The summed E-state index contributed by atoms with van der Waals surface area (Å²) >= 11 is 0. The molecule has 0 bridgehead atoms. The molecule has 0 atom stereocenters. The van der Waals surface area contributed by atoms with Crippen molar-refractivity contribution >= 4 is 17.5 Å². The van der Waals surface area contributed by atoms with Gasteiger partial charge in [-0.25, -0.2) is 0 Å². The van der Waals surface area contributed by atoms with Crippen molar-refractivity contribution in [3.63, 3.8) is 0 Å². The molecule has 19 heavy (non-hydrogen) atoms. The van der Waals surface area contributed by atoms with Crippen LogP contribution >= 0.6 is 0 Å². The van der Waals surface area contributed by atoms with E-state index in [1.54, 1.807) is 0 Å². The normalized spacial score (nSPS) is 10.1. The van der Waals surface area contributed by atoms with E-state index >= 15 is 0 Å². The van der Waals surface area contributed by atoms with Crippen molar-refractivity contribution in [3.8, 4) is 0 Å². The van der Waals surface area contributed by atoms with Gasteiger partial charge < -0.3 is 10.6 Å². The van der Waals surface area contributed by atoms with Crippen molar-refractivity contribution < 1.29 is 9.59 Å². The Bertz CT molecular complexity index is 435. The van der Waals surface area contributed by atoms with Crippen LogP contribution < -0.4 is 10.6 Å². The molecule has 1 aromatic carbocycles. The fourth-order valence-electron chi connectivity index (χ4n) is 1.81. The Hall–Kier alpha value is -1.84. The Labute approximate surface area is 114 Å². The van der Waals surface area contributed by atoms with Crippen molar-refractivity contribution in [3.05, 3.63) is 29.3 Å². The number of aryl methyl sites for hydroxylation is 2. The van der Waals surface area contributed by atoms with E-state index in [1.165, 1.54) is 0 Å². The molecule has 0 unspecified atom stereocenters. The highest BCUT2D eigenvalue weighted by atomic mass is 16.2. The molecule has 4 heteroatoms. The summed E-state index contributed by atoms with van der Waals surface area (Å²) in [4.78, 5) is 23.3. The van der Waals surface area contributed by atoms with Crippen LogP contribution in [0.3, 0.4) is 0 Å². The zero-order valence-electron chi connectivity index (χ0n) is 11.9. The van der Waals surface area contributed by atoms with Crippen molar-refractivity contribution in [2.24, 2.45) is 0 Å². The largest absolute Gasteiger partial charge is 0.356 e. The summed E-state index contributed by atoms with van der Waals surface area (Å²) in [5, 5.41) is 5.53. The smallest absolute Gasteiger partial charge is 0.233 e. The van der Waals surface area contributed by atoms with Crippen molar-refractivity contribution in [1.29, 1.82) is 0 Å². The highest BCUT2D eigenvalue weighted by Crippen LogP contribution is 2.19. The van der Waals surface area contributed by atoms with Gasteiger partial charge in [0, 0.05) is 12.2 Å². The van der Waals surface area contributed by atoms with Crippen LogP contribution in [0.4, 0.5) is 5.69 Å². The minimum absolute atomic E-state index is 0.127. The molecule has 104 valence electrons. The second kappa shape index (κ2) is 7.56. The van der Waals surface area contributed by atoms with E-state index in [9.17, 15) is 9.59 Å². The quantitative estimate of drug-likeness (QED) is 0.611. The molecule has 0 saturated carbocycles. The van der Waals surface area contributed by atoms with Crippen LogP contribution in [0.2, 0.25) is 0 Å². The third-order valence-corrected chi connectivity index (χ3v) is 2.92. The molecule has 1 rings (SSSR count). The summed E-state index contributed by atoms with van der Waals surface area (Å²) < 4.78 is 0. The standard InChI is InChI=1S/C15H22N2O2/c1-4-5-9-16-13(18)10-14(19)17-15-11(2)7-6-8-12(15)3/h6-8H,4-5,9-10H2,1-3H3,(H,16,18)(H,17,19). The Balaban J connectivity index is 2.49. The number of carbonyl (C=O) groups is 2. The minimum Gasteiger partial charge on any atom is -0.356 e. The van der Waals surface area contributed by atoms with Crippen molar-refractivity contribution in [2.45, 2.75) is 40.0 Å². The lowest BCUT2D eigenvalue weighted by Crippen LogP contribution is -2.29. The first-order valence-corrected chi connectivity index (χ1v) is 6.67.